The van der Waals surface area contributed by atoms with E-state index in [9.17, 15) is 4.39 Å². The molecule has 29 heavy (non-hydrogen) atoms. The van der Waals surface area contributed by atoms with Gasteiger partial charge in [0.25, 0.3) is 0 Å². The molecule has 0 aliphatic carbocycles. The maximum absolute atomic E-state index is 14.3. The molecule has 1 saturated heterocycles. The van der Waals surface area contributed by atoms with Gasteiger partial charge in [-0.05, 0) is 72.8 Å². The van der Waals surface area contributed by atoms with Crippen LogP contribution in [0.25, 0.3) is 17.0 Å². The van der Waals surface area contributed by atoms with E-state index in [-0.39, 0.29) is 11.9 Å². The Labute approximate surface area is 186 Å². The molecular weight excluding hydrogens is 502 g/mol. The molecule has 1 aliphatic heterocycles. The molecule has 0 spiro atoms. The summed E-state index contributed by atoms with van der Waals surface area (Å²) < 4.78 is 25.5. The average Bonchev–Trinajstić information content (AvgIpc) is 3.15. The van der Waals surface area contributed by atoms with Gasteiger partial charge in [-0.1, -0.05) is 18.7 Å². The quantitative estimate of drug-likeness (QED) is 0.438. The van der Waals surface area contributed by atoms with Crippen LogP contribution in [-0.2, 0) is 0 Å². The van der Waals surface area contributed by atoms with Crippen LogP contribution in [0.3, 0.4) is 0 Å². The Kier molecular flexibility index (Phi) is 6.41. The van der Waals surface area contributed by atoms with Gasteiger partial charge in [-0.25, -0.2) is 9.37 Å². The third-order valence-electron chi connectivity index (χ3n) is 4.66. The van der Waals surface area contributed by atoms with Gasteiger partial charge in [0.2, 0.25) is 5.06 Å². The van der Waals surface area contributed by atoms with Crippen molar-refractivity contribution in [1.82, 2.24) is 14.7 Å². The first-order chi connectivity index (χ1) is 14.1. The van der Waals surface area contributed by atoms with E-state index < -0.39 is 0 Å². The summed E-state index contributed by atoms with van der Waals surface area (Å²) >= 11 is 3.44. The summed E-state index contributed by atoms with van der Waals surface area (Å²) in [5.41, 5.74) is 3.08. The van der Waals surface area contributed by atoms with Crippen molar-refractivity contribution in [3.8, 4) is 16.3 Å². The summed E-state index contributed by atoms with van der Waals surface area (Å²) in [7, 11) is 0. The fourth-order valence-electron chi connectivity index (χ4n) is 3.17. The highest BCUT2D eigenvalue weighted by molar-refractivity contribution is 14.1. The van der Waals surface area contributed by atoms with E-state index >= 15 is 0 Å². The summed E-state index contributed by atoms with van der Waals surface area (Å²) in [6, 6.07) is 10.5. The molecule has 1 fully saturated rings. The van der Waals surface area contributed by atoms with Crippen LogP contribution in [-0.4, -0.2) is 28.6 Å². The zero-order chi connectivity index (χ0) is 20.2. The molecule has 0 saturated carbocycles. The molecule has 0 radical (unpaired) electrons. The van der Waals surface area contributed by atoms with Crippen molar-refractivity contribution in [2.45, 2.75) is 18.9 Å². The number of aromatic nitrogens is 2. The number of anilines is 1. The maximum Gasteiger partial charge on any atom is 0.217 e. The Hall–Kier alpha value is -2.04. The van der Waals surface area contributed by atoms with Gasteiger partial charge in [0, 0.05) is 20.7 Å². The van der Waals surface area contributed by atoms with E-state index in [1.807, 2.05) is 18.2 Å². The fourth-order valence-corrected chi connectivity index (χ4v) is 4.55. The molecule has 4 rings (SSSR count). The van der Waals surface area contributed by atoms with Gasteiger partial charge in [0.1, 0.15) is 17.6 Å². The van der Waals surface area contributed by atoms with E-state index in [1.54, 1.807) is 18.3 Å². The van der Waals surface area contributed by atoms with Gasteiger partial charge in [-0.3, -0.25) is 0 Å². The SMILES string of the molecule is C=C(Nc1cnsc1OC1CCNCC1)c1cccc(-c2c(F)cccc2I)n1. The zero-order valence-corrected chi connectivity index (χ0v) is 18.6. The number of piperidine rings is 1. The predicted molar refractivity (Wildman–Crippen MR) is 124 cm³/mol. The van der Waals surface area contributed by atoms with Crippen molar-refractivity contribution >= 4 is 45.5 Å². The number of rotatable bonds is 6. The second-order valence-electron chi connectivity index (χ2n) is 6.70. The number of halogens is 2. The number of ether oxygens (including phenoxy) is 1. The molecule has 0 atom stereocenters. The Balaban J connectivity index is 1.52. The summed E-state index contributed by atoms with van der Waals surface area (Å²) in [6.45, 7) is 6.04. The highest BCUT2D eigenvalue weighted by Gasteiger charge is 2.18. The van der Waals surface area contributed by atoms with Crippen molar-refractivity contribution in [3.05, 3.63) is 64.3 Å². The molecule has 8 heteroatoms. The smallest absolute Gasteiger partial charge is 0.217 e. The first-order valence-corrected chi connectivity index (χ1v) is 11.2. The molecule has 1 aromatic carbocycles. The summed E-state index contributed by atoms with van der Waals surface area (Å²) in [6.07, 6.45) is 3.87. The Bertz CT molecular complexity index is 999. The second kappa shape index (κ2) is 9.19. The van der Waals surface area contributed by atoms with Gasteiger partial charge in [0.15, 0.2) is 0 Å². The van der Waals surface area contributed by atoms with Gasteiger partial charge in [0.05, 0.1) is 23.3 Å². The van der Waals surface area contributed by atoms with Crippen molar-refractivity contribution in [2.75, 3.05) is 18.4 Å². The minimum absolute atomic E-state index is 0.190. The third kappa shape index (κ3) is 4.76. The van der Waals surface area contributed by atoms with Crippen molar-refractivity contribution in [1.29, 1.82) is 0 Å². The highest BCUT2D eigenvalue weighted by atomic mass is 127. The van der Waals surface area contributed by atoms with Gasteiger partial charge >= 0.3 is 0 Å². The summed E-state index contributed by atoms with van der Waals surface area (Å²) in [5, 5.41) is 7.34. The Morgan fingerprint density at radius 1 is 1.24 bits per heavy atom. The fraction of sp³-hybridized carbons (Fsp3) is 0.238. The largest absolute Gasteiger partial charge is 0.478 e. The number of hydrogen-bond acceptors (Lipinski definition) is 6. The molecular formula is C21H20FIN4OS. The van der Waals surface area contributed by atoms with Crippen molar-refractivity contribution < 1.29 is 9.13 Å². The van der Waals surface area contributed by atoms with Crippen LogP contribution in [0, 0.1) is 9.39 Å². The van der Waals surface area contributed by atoms with Crippen LogP contribution >= 0.6 is 34.1 Å². The summed E-state index contributed by atoms with van der Waals surface area (Å²) in [4.78, 5) is 4.62. The average molecular weight is 522 g/mol. The predicted octanol–water partition coefficient (Wildman–Crippen LogP) is 5.16. The van der Waals surface area contributed by atoms with E-state index in [0.717, 1.165) is 40.3 Å². The van der Waals surface area contributed by atoms with Crippen LogP contribution in [0.5, 0.6) is 5.06 Å². The Morgan fingerprint density at radius 2 is 2.03 bits per heavy atom. The molecule has 1 aliphatic rings. The zero-order valence-electron chi connectivity index (χ0n) is 15.6. The first kappa shape index (κ1) is 20.2. The number of benzene rings is 1. The minimum atomic E-state index is -0.292. The molecule has 150 valence electrons. The van der Waals surface area contributed by atoms with Crippen LogP contribution < -0.4 is 15.4 Å². The van der Waals surface area contributed by atoms with Crippen molar-refractivity contribution in [3.63, 3.8) is 0 Å². The normalized spacial score (nSPS) is 14.6. The van der Waals surface area contributed by atoms with Gasteiger partial charge in [-0.2, -0.15) is 4.37 Å². The molecule has 3 aromatic rings. The number of pyridine rings is 1. The minimum Gasteiger partial charge on any atom is -0.478 e. The lowest BCUT2D eigenvalue weighted by molar-refractivity contribution is 0.168. The monoisotopic (exact) mass is 522 g/mol. The van der Waals surface area contributed by atoms with Crippen molar-refractivity contribution in [2.24, 2.45) is 0 Å². The Morgan fingerprint density at radius 3 is 2.83 bits per heavy atom. The molecule has 0 bridgehead atoms. The molecule has 0 amide bonds. The lowest BCUT2D eigenvalue weighted by Gasteiger charge is -2.23. The van der Waals surface area contributed by atoms with Crippen LogP contribution in [0.15, 0.2) is 49.2 Å². The summed E-state index contributed by atoms with van der Waals surface area (Å²) in [5.74, 6) is -0.292. The molecule has 0 unspecified atom stereocenters. The molecule has 5 nitrogen and oxygen atoms in total. The first-order valence-electron chi connectivity index (χ1n) is 9.31. The lowest BCUT2D eigenvalue weighted by atomic mass is 10.1. The molecule has 2 aromatic heterocycles. The number of nitrogens with zero attached hydrogens (tertiary/aromatic N) is 2. The topological polar surface area (TPSA) is 59.1 Å². The second-order valence-corrected chi connectivity index (χ2v) is 8.63. The van der Waals surface area contributed by atoms with E-state index in [0.29, 0.717) is 22.6 Å². The van der Waals surface area contributed by atoms with Gasteiger partial charge < -0.3 is 15.4 Å². The third-order valence-corrected chi connectivity index (χ3v) is 6.25. The van der Waals surface area contributed by atoms with E-state index in [2.05, 4.69) is 49.2 Å². The molecule has 3 heterocycles. The molecule has 2 N–H and O–H groups in total. The maximum atomic E-state index is 14.3. The number of nitrogens with one attached hydrogen (secondary N) is 2. The van der Waals surface area contributed by atoms with Crippen LogP contribution in [0.2, 0.25) is 0 Å². The highest BCUT2D eigenvalue weighted by Crippen LogP contribution is 2.33. The van der Waals surface area contributed by atoms with Gasteiger partial charge in [-0.15, -0.1) is 0 Å². The van der Waals surface area contributed by atoms with E-state index in [1.165, 1.54) is 17.6 Å². The standard InChI is InChI=1S/C21H20FIN4OS/c1-13(26-19-12-25-29-21(19)28-14-8-10-24-11-9-14)17-6-3-7-18(27-17)20-15(22)4-2-5-16(20)23/h2-7,12,14,24,26H,1,8-11H2. The van der Waals surface area contributed by atoms with Crippen LogP contribution in [0.4, 0.5) is 10.1 Å². The van der Waals surface area contributed by atoms with Crippen LogP contribution in [0.1, 0.15) is 18.5 Å². The number of hydrogen-bond donors (Lipinski definition) is 2. The van der Waals surface area contributed by atoms with E-state index in [4.69, 9.17) is 4.74 Å². The lowest BCUT2D eigenvalue weighted by Crippen LogP contribution is -2.34.